The van der Waals surface area contributed by atoms with Crippen LogP contribution in [0.5, 0.6) is 23.0 Å². The van der Waals surface area contributed by atoms with Crippen molar-refractivity contribution < 1.29 is 18.9 Å². The maximum atomic E-state index is 6.45. The molecular weight excluding hydrogens is 993 g/mol. The Morgan fingerprint density at radius 1 is 0.282 bits per heavy atom. The fourth-order valence-corrected chi connectivity index (χ4v) is 14.8. The molecule has 5 aromatic carbocycles. The minimum absolute atomic E-state index is 0.561. The summed E-state index contributed by atoms with van der Waals surface area (Å²) in [4.78, 5) is 2.72. The number of benzene rings is 5. The molecule has 0 amide bonds. The lowest BCUT2D eigenvalue weighted by atomic mass is 9.68. The van der Waals surface area contributed by atoms with Gasteiger partial charge in [-0.3, -0.25) is 0 Å². The Morgan fingerprint density at radius 3 is 0.782 bits per heavy atom. The Morgan fingerprint density at radius 2 is 0.526 bits per heavy atom. The Balaban J connectivity index is 1.10. The molecule has 0 atom stereocenters. The quantitative estimate of drug-likeness (QED) is 0.0367. The summed E-state index contributed by atoms with van der Waals surface area (Å²) < 4.78 is 25.8. The summed E-state index contributed by atoms with van der Waals surface area (Å²) in [6.45, 7) is 12.1. The van der Waals surface area contributed by atoms with Crippen molar-refractivity contribution >= 4 is 22.7 Å². The molecule has 2 aliphatic rings. The van der Waals surface area contributed by atoms with E-state index >= 15 is 0 Å². The van der Waals surface area contributed by atoms with Crippen LogP contribution in [0.4, 0.5) is 0 Å². The molecule has 0 aliphatic heterocycles. The molecule has 0 unspecified atom stereocenters. The Hall–Kier alpha value is -5.30. The van der Waals surface area contributed by atoms with Crippen LogP contribution in [0.25, 0.3) is 22.3 Å². The first-order valence-electron chi connectivity index (χ1n) is 30.9. The zero-order chi connectivity index (χ0) is 53.8. The van der Waals surface area contributed by atoms with Crippen LogP contribution in [0.2, 0.25) is 0 Å². The summed E-state index contributed by atoms with van der Waals surface area (Å²) in [7, 11) is 0. The van der Waals surface area contributed by atoms with E-state index in [4.69, 9.17) is 18.9 Å². The normalized spacial score (nSPS) is 13.5. The highest BCUT2D eigenvalue weighted by molar-refractivity contribution is 7.11. The average molecular weight is 1080 g/mol. The van der Waals surface area contributed by atoms with Gasteiger partial charge in [0.05, 0.1) is 37.3 Å². The molecule has 0 saturated heterocycles. The van der Waals surface area contributed by atoms with Crippen LogP contribution in [-0.2, 0) is 10.8 Å². The van der Waals surface area contributed by atoms with E-state index in [1.165, 1.54) is 194 Å². The molecule has 2 aromatic heterocycles. The molecule has 414 valence electrons. The van der Waals surface area contributed by atoms with Gasteiger partial charge in [0.25, 0.3) is 0 Å². The summed E-state index contributed by atoms with van der Waals surface area (Å²) in [5.74, 6) is 3.74. The van der Waals surface area contributed by atoms with Crippen molar-refractivity contribution in [2.45, 2.75) is 193 Å². The van der Waals surface area contributed by atoms with Crippen molar-refractivity contribution in [3.05, 3.63) is 175 Å². The molecule has 7 aromatic rings. The molecule has 0 spiro atoms. The topological polar surface area (TPSA) is 36.9 Å². The predicted molar refractivity (Wildman–Crippen MR) is 332 cm³/mol. The van der Waals surface area contributed by atoms with Gasteiger partial charge in [-0.1, -0.05) is 205 Å². The van der Waals surface area contributed by atoms with E-state index in [1.54, 1.807) is 0 Å². The number of ether oxygens (including phenoxy) is 4. The third-order valence-electron chi connectivity index (χ3n) is 16.8. The largest absolute Gasteiger partial charge is 0.494 e. The summed E-state index contributed by atoms with van der Waals surface area (Å²) in [6, 6.07) is 46.4. The van der Waals surface area contributed by atoms with E-state index in [1.807, 2.05) is 22.7 Å². The summed E-state index contributed by atoms with van der Waals surface area (Å²) in [5.41, 5.74) is 11.8. The van der Waals surface area contributed by atoms with Gasteiger partial charge in [-0.05, 0) is 165 Å². The molecule has 4 nitrogen and oxygen atoms in total. The second-order valence-corrected chi connectivity index (χ2v) is 24.2. The molecule has 0 radical (unpaired) electrons. The van der Waals surface area contributed by atoms with Crippen molar-refractivity contribution in [3.8, 4) is 45.3 Å². The van der Waals surface area contributed by atoms with E-state index in [0.29, 0.717) is 0 Å². The fourth-order valence-electron chi connectivity index (χ4n) is 12.5. The lowest BCUT2D eigenvalue weighted by Gasteiger charge is -2.35. The van der Waals surface area contributed by atoms with E-state index in [2.05, 4.69) is 160 Å². The highest BCUT2D eigenvalue weighted by Crippen LogP contribution is 2.64. The van der Waals surface area contributed by atoms with Gasteiger partial charge in [-0.25, -0.2) is 0 Å². The minimum atomic E-state index is -0.561. The number of fused-ring (bicyclic) bond motifs is 6. The summed E-state index contributed by atoms with van der Waals surface area (Å²) in [5, 5.41) is 4.62. The van der Waals surface area contributed by atoms with Gasteiger partial charge >= 0.3 is 0 Å². The van der Waals surface area contributed by atoms with Gasteiger partial charge < -0.3 is 18.9 Å². The van der Waals surface area contributed by atoms with Crippen molar-refractivity contribution in [2.75, 3.05) is 26.4 Å². The third-order valence-corrected chi connectivity index (χ3v) is 18.8. The molecule has 9 rings (SSSR count). The number of hydrogen-bond donors (Lipinski definition) is 0. The van der Waals surface area contributed by atoms with Crippen molar-refractivity contribution in [2.24, 2.45) is 0 Å². The van der Waals surface area contributed by atoms with Crippen molar-refractivity contribution in [3.63, 3.8) is 0 Å². The second kappa shape index (κ2) is 29.2. The Labute approximate surface area is 478 Å². The van der Waals surface area contributed by atoms with Crippen LogP contribution in [0, 0.1) is 0 Å². The first kappa shape index (κ1) is 57.4. The van der Waals surface area contributed by atoms with Gasteiger partial charge in [0.15, 0.2) is 0 Å². The van der Waals surface area contributed by atoms with Crippen LogP contribution in [-0.4, -0.2) is 26.4 Å². The van der Waals surface area contributed by atoms with Gasteiger partial charge in [0, 0.05) is 9.75 Å². The van der Waals surface area contributed by atoms with E-state index < -0.39 is 10.8 Å². The molecule has 0 N–H and O–H groups in total. The second-order valence-electron chi connectivity index (χ2n) is 22.3. The lowest BCUT2D eigenvalue weighted by Crippen LogP contribution is -2.29. The van der Waals surface area contributed by atoms with Crippen LogP contribution in [0.3, 0.4) is 0 Å². The van der Waals surface area contributed by atoms with Crippen molar-refractivity contribution in [1.82, 2.24) is 0 Å². The standard InChI is InChI=1S/C72H90O4S2/c1-5-9-13-17-21-25-47-73-59-37-29-55(30-38-59)71(56-31-39-60(40-32-56)74-48-26-22-18-14-10-6-2)67-53-66-64-46-52-78-70(64)72(68(66)54-65(67)63-45-51-77-69(63)71,57-33-41-61(42-34-57)75-49-27-23-19-15-11-7-3)58-35-43-62(44-36-58)76-50-28-24-20-16-12-8-4/h29-46,51-54H,5-28,47-50H2,1-4H3. The van der Waals surface area contributed by atoms with Gasteiger partial charge in [-0.15, -0.1) is 22.7 Å². The average Bonchev–Trinajstić information content (AvgIpc) is 4.16. The van der Waals surface area contributed by atoms with E-state index in [9.17, 15) is 0 Å². The number of unbranched alkanes of at least 4 members (excludes halogenated alkanes) is 20. The molecular formula is C72H90O4S2. The van der Waals surface area contributed by atoms with Crippen LogP contribution >= 0.6 is 22.7 Å². The zero-order valence-electron chi connectivity index (χ0n) is 48.0. The number of rotatable bonds is 36. The summed E-state index contributed by atoms with van der Waals surface area (Å²) >= 11 is 3.76. The Kier molecular flexibility index (Phi) is 21.5. The zero-order valence-corrected chi connectivity index (χ0v) is 49.6. The number of hydrogen-bond acceptors (Lipinski definition) is 6. The van der Waals surface area contributed by atoms with Crippen LogP contribution in [0.15, 0.2) is 132 Å². The Bertz CT molecular complexity index is 2530. The molecule has 2 heterocycles. The first-order valence-corrected chi connectivity index (χ1v) is 32.6. The minimum Gasteiger partial charge on any atom is -0.494 e. The lowest BCUT2D eigenvalue weighted by molar-refractivity contribution is 0.304. The van der Waals surface area contributed by atoms with Crippen LogP contribution < -0.4 is 18.9 Å². The monoisotopic (exact) mass is 1080 g/mol. The maximum Gasteiger partial charge on any atom is 0.119 e. The molecule has 0 saturated carbocycles. The van der Waals surface area contributed by atoms with Gasteiger partial charge in [0.2, 0.25) is 0 Å². The van der Waals surface area contributed by atoms with E-state index in [0.717, 1.165) is 75.1 Å². The smallest absolute Gasteiger partial charge is 0.119 e. The SMILES string of the molecule is CCCCCCCCOc1ccc(C2(c3ccc(OCCCCCCCC)cc3)c3cc4c(cc3-c3ccsc32)C(c2ccc(OCCCCCCCC)cc2)(c2ccc(OCCCCCCCC)cc2)c2sccc2-4)cc1. The highest BCUT2D eigenvalue weighted by Gasteiger charge is 2.52. The molecule has 2 aliphatic carbocycles. The molecule has 78 heavy (non-hydrogen) atoms. The van der Waals surface area contributed by atoms with E-state index in [-0.39, 0.29) is 0 Å². The third kappa shape index (κ3) is 13.0. The van der Waals surface area contributed by atoms with Crippen molar-refractivity contribution in [1.29, 1.82) is 0 Å². The molecule has 0 fully saturated rings. The van der Waals surface area contributed by atoms with Crippen LogP contribution in [0.1, 0.15) is 225 Å². The maximum absolute atomic E-state index is 6.45. The molecule has 0 bridgehead atoms. The van der Waals surface area contributed by atoms with Gasteiger partial charge in [0.1, 0.15) is 23.0 Å². The summed E-state index contributed by atoms with van der Waals surface area (Å²) in [6.07, 6.45) is 29.9. The highest BCUT2D eigenvalue weighted by atomic mass is 32.1. The number of thiophene rings is 2. The first-order chi connectivity index (χ1) is 38.6. The predicted octanol–water partition coefficient (Wildman–Crippen LogP) is 21.5. The molecule has 6 heteroatoms. The fraction of sp³-hybridized carbons (Fsp3) is 0.472. The van der Waals surface area contributed by atoms with Gasteiger partial charge in [-0.2, -0.15) is 0 Å².